The van der Waals surface area contributed by atoms with Crippen LogP contribution in [0.1, 0.15) is 31.2 Å². The minimum atomic E-state index is -1.31. The third-order valence-corrected chi connectivity index (χ3v) is 22.8. The van der Waals surface area contributed by atoms with Gasteiger partial charge in [-0.15, -0.1) is 0 Å². The predicted molar refractivity (Wildman–Crippen MR) is 436 cm³/mol. The highest BCUT2D eigenvalue weighted by atomic mass is 79.9. The lowest BCUT2D eigenvalue weighted by atomic mass is 9.97. The number of carbonyl (C=O) groups is 22. The quantitative estimate of drug-likeness (QED) is 0.0869. The van der Waals surface area contributed by atoms with E-state index in [1.807, 2.05) is 0 Å². The number of nitrogens with one attached hydrogen (secondary N) is 1. The molecule has 12 rings (SSSR count). The lowest BCUT2D eigenvalue weighted by Crippen LogP contribution is -2.60. The standard InChI is InChI=1S/C17H15Br2N3O7.C16H13BrN2O5.C14H5Br3N2O4.C12H11Br2N3O4.C12H11BrN2O5/c18-10-4-13(24)21(16(10)28)8-3-9(22-14(25)5-11(19)17(22)29)7-20(6-8)12(23)1-2-15(26)27;1-2-13(20)18-10-5-3-9(4-6-10)7-12(16(23)24)19-14(21)8-11(17)15(19)22;15-6-1-7(18-11(20)4-9(16)13(18)22)3-8(2-6)19-12(21)5-10(17)14(19)23;13-7-1-9(18)16(11(7)20)4-6(3-15)5-17-10(19)2-8(14)12(17)21;1-2-9(16)14-5-6(3-8(14)12(19)20)15-10(17)4-7(13)11(15)18/h4-5,8-9H,1-3,6-7H2,(H,26,27);2-6,8,12H,1,7H2,(H,18,20)(H,23,24);1-5H;1-2,6H,3-5,15H2;2,4,6,8H,1,3,5H2,(H,19,20)/t8-,9+;12-;;;6?,8-/m.0..0/s1. The Hall–Kier alpha value is -9.94. The summed E-state index contributed by atoms with van der Waals surface area (Å²) in [6, 6.07) is 6.37. The van der Waals surface area contributed by atoms with Gasteiger partial charge in [-0.05, 0) is 188 Å². The van der Waals surface area contributed by atoms with E-state index in [9.17, 15) is 111 Å². The van der Waals surface area contributed by atoms with Crippen molar-refractivity contribution in [2.45, 2.75) is 62.3 Å². The van der Waals surface area contributed by atoms with Crippen LogP contribution in [0.15, 0.2) is 157 Å². The first kappa shape index (κ1) is 92.6. The van der Waals surface area contributed by atoms with Gasteiger partial charge in [0.2, 0.25) is 17.7 Å². The molecule has 2 saturated heterocycles. The number of carboxylic acids is 3. The maximum absolute atomic E-state index is 12.5. The van der Waals surface area contributed by atoms with Gasteiger partial charge < -0.3 is 36.2 Å². The van der Waals surface area contributed by atoms with Crippen molar-refractivity contribution in [3.8, 4) is 0 Å². The maximum Gasteiger partial charge on any atom is 0.327 e. The van der Waals surface area contributed by atoms with E-state index in [0.717, 1.165) is 87.8 Å². The van der Waals surface area contributed by atoms with Crippen molar-refractivity contribution in [1.82, 2.24) is 39.2 Å². The smallest absolute Gasteiger partial charge is 0.327 e. The van der Waals surface area contributed by atoms with Crippen LogP contribution in [0, 0.1) is 5.92 Å². The fraction of sp³-hybridized carbons (Fsp3) is 0.239. The van der Waals surface area contributed by atoms with E-state index in [4.69, 9.17) is 15.9 Å². The summed E-state index contributed by atoms with van der Waals surface area (Å²) in [7, 11) is 0. The molecule has 2 fully saturated rings. The number of benzene rings is 2. The Labute approximate surface area is 734 Å². The second kappa shape index (κ2) is 39.5. The molecule has 0 bridgehead atoms. The van der Waals surface area contributed by atoms with Crippen molar-refractivity contribution < 1.29 is 121 Å². The summed E-state index contributed by atoms with van der Waals surface area (Å²) in [6.45, 7) is 6.86. The number of aliphatic carboxylic acids is 3. The van der Waals surface area contributed by atoms with E-state index in [1.54, 1.807) is 36.4 Å². The average Bonchev–Trinajstić information content (AvgIpc) is 1.69. The molecule has 19 amide bonds. The van der Waals surface area contributed by atoms with Crippen LogP contribution in [0.2, 0.25) is 0 Å². The number of anilines is 3. The maximum atomic E-state index is 12.5. The van der Waals surface area contributed by atoms with Crippen LogP contribution in [-0.2, 0) is 112 Å². The number of amides is 19. The van der Waals surface area contributed by atoms with Gasteiger partial charge in [-0.3, -0.25) is 125 Å². The molecule has 117 heavy (non-hydrogen) atoms. The molecule has 2 aromatic rings. The molecule has 0 saturated carbocycles. The van der Waals surface area contributed by atoms with E-state index < -0.39 is 154 Å². The van der Waals surface area contributed by atoms with Crippen molar-refractivity contribution in [3.63, 3.8) is 0 Å². The van der Waals surface area contributed by atoms with E-state index in [-0.39, 0.29) is 130 Å². The average molecular weight is 2200 g/mol. The van der Waals surface area contributed by atoms with Gasteiger partial charge in [0.25, 0.3) is 94.5 Å². The van der Waals surface area contributed by atoms with Crippen molar-refractivity contribution in [2.24, 2.45) is 11.7 Å². The van der Waals surface area contributed by atoms with Gasteiger partial charge in [0.1, 0.15) is 12.1 Å². The SMILES string of the molecule is C=CC(=O)N1CC(N2C(=O)C=C(Br)C2=O)C[C@H]1C(=O)O.C=CC(=O)Nc1ccc(C[C@@H](C(=O)O)N2C(=O)C=C(Br)C2=O)cc1.NCC(CN1C(=O)C=C(Br)C1=O)CN1C(=O)C=C(Br)C1=O.O=C(O)CCC(=O)N1C[C@H](N2C(=O)C=C(Br)C2=O)C[C@H](N2C(=O)C=C(Br)C2=O)C1.O=C1C=C(Br)C(=O)N1c1cc(Br)cc(N2C(=O)C=C(Br)C2=O)c1. The summed E-state index contributed by atoms with van der Waals surface area (Å²) in [5.74, 6) is -13.9. The molecule has 2 aromatic carbocycles. The van der Waals surface area contributed by atoms with Crippen molar-refractivity contribution >= 4 is 291 Å². The van der Waals surface area contributed by atoms with E-state index in [1.165, 1.54) is 23.1 Å². The first-order valence-electron chi connectivity index (χ1n) is 33.3. The van der Waals surface area contributed by atoms with Crippen molar-refractivity contribution in [1.29, 1.82) is 0 Å². The molecule has 0 radical (unpaired) electrons. The molecule has 46 heteroatoms. The van der Waals surface area contributed by atoms with Crippen LogP contribution in [-0.4, -0.2) is 254 Å². The van der Waals surface area contributed by atoms with Crippen molar-refractivity contribution in [3.05, 3.63) is 162 Å². The Kier molecular flexibility index (Phi) is 31.3. The fourth-order valence-corrected chi connectivity index (χ4v) is 16.0. The van der Waals surface area contributed by atoms with Gasteiger partial charge in [0.15, 0.2) is 0 Å². The zero-order valence-electron chi connectivity index (χ0n) is 59.2. The highest BCUT2D eigenvalue weighted by Crippen LogP contribution is 2.37. The number of likely N-dealkylation sites (tertiary alicyclic amines) is 2. The van der Waals surface area contributed by atoms with Crippen LogP contribution in [0.25, 0.3) is 0 Å². The molecule has 10 heterocycles. The van der Waals surface area contributed by atoms with E-state index >= 15 is 0 Å². The minimum Gasteiger partial charge on any atom is -0.481 e. The molecule has 612 valence electrons. The number of nitrogens with two attached hydrogens (primary N) is 1. The van der Waals surface area contributed by atoms with Crippen molar-refractivity contribution in [2.75, 3.05) is 54.4 Å². The third-order valence-electron chi connectivity index (χ3n) is 17.8. The molecule has 6 N–H and O–H groups in total. The molecule has 5 atom stereocenters. The van der Waals surface area contributed by atoms with Crippen LogP contribution < -0.4 is 20.9 Å². The highest BCUT2D eigenvalue weighted by Gasteiger charge is 2.49. The van der Waals surface area contributed by atoms with Crippen LogP contribution in [0.5, 0.6) is 0 Å². The zero-order valence-corrected chi connectivity index (χ0v) is 73.5. The number of piperidine rings is 1. The van der Waals surface area contributed by atoms with Crippen LogP contribution >= 0.6 is 143 Å². The molecule has 10 aliphatic rings. The molecule has 37 nitrogen and oxygen atoms in total. The largest absolute Gasteiger partial charge is 0.481 e. The molecular formula is C71H55Br9N12O25. The summed E-state index contributed by atoms with van der Waals surface area (Å²) in [5, 5.41) is 29.9. The number of halogens is 9. The normalized spacial score (nSPS) is 20.7. The summed E-state index contributed by atoms with van der Waals surface area (Å²) in [6.07, 6.45) is 10.7. The number of nitrogens with zero attached hydrogens (tertiary/aromatic N) is 10. The number of carbonyl (C=O) groups excluding carboxylic acids is 19. The number of hydrogen-bond donors (Lipinski definition) is 5. The molecule has 1 unspecified atom stereocenters. The summed E-state index contributed by atoms with van der Waals surface area (Å²) in [4.78, 5) is 270. The first-order chi connectivity index (χ1) is 54.9. The molecule has 0 aromatic heterocycles. The summed E-state index contributed by atoms with van der Waals surface area (Å²) >= 11 is 27.2. The van der Waals surface area contributed by atoms with E-state index in [0.29, 0.717) is 20.6 Å². The lowest BCUT2D eigenvalue weighted by Gasteiger charge is -2.43. The van der Waals surface area contributed by atoms with Gasteiger partial charge in [-0.1, -0.05) is 41.2 Å². The lowest BCUT2D eigenvalue weighted by molar-refractivity contribution is -0.153. The number of rotatable bonds is 21. The van der Waals surface area contributed by atoms with Gasteiger partial charge in [-0.2, -0.15) is 0 Å². The summed E-state index contributed by atoms with van der Waals surface area (Å²) in [5.41, 5.74) is 7.24. The Morgan fingerprint density at radius 3 is 1.20 bits per heavy atom. The van der Waals surface area contributed by atoms with Gasteiger partial charge in [-0.25, -0.2) is 19.4 Å². The second-order valence-corrected chi connectivity index (χ2v) is 33.1. The van der Waals surface area contributed by atoms with E-state index in [2.05, 4.69) is 162 Å². The Morgan fingerprint density at radius 1 is 0.470 bits per heavy atom. The zero-order chi connectivity index (χ0) is 87.0. The van der Waals surface area contributed by atoms with Gasteiger partial charge in [0, 0.05) is 117 Å². The topological polar surface area (TPSA) is 507 Å². The van der Waals surface area contributed by atoms with Crippen LogP contribution in [0.3, 0.4) is 0 Å². The molecular weight excluding hydrogens is 2140 g/mol. The third kappa shape index (κ3) is 21.5. The predicted octanol–water partition coefficient (Wildman–Crippen LogP) is 4.05. The highest BCUT2D eigenvalue weighted by molar-refractivity contribution is 9.13. The monoisotopic (exact) mass is 2190 g/mol. The Balaban J connectivity index is 0.000000184. The number of hydrogen-bond acceptors (Lipinski definition) is 23. The van der Waals surface area contributed by atoms with Gasteiger partial charge in [0.05, 0.1) is 71.8 Å². The Bertz CT molecular complexity index is 4920. The van der Waals surface area contributed by atoms with Gasteiger partial charge >= 0.3 is 17.9 Å². The number of imide groups is 8. The second-order valence-electron chi connectivity index (χ2n) is 25.3. The minimum absolute atomic E-state index is 0.00653. The van der Waals surface area contributed by atoms with Crippen LogP contribution in [0.4, 0.5) is 17.1 Å². The molecule has 0 aliphatic carbocycles. The number of carboxylic acid groups (broad SMARTS) is 3. The molecule has 10 aliphatic heterocycles. The summed E-state index contributed by atoms with van der Waals surface area (Å²) < 4.78 is 1.46. The fourth-order valence-electron chi connectivity index (χ4n) is 12.4. The molecule has 0 spiro atoms. The Morgan fingerprint density at radius 2 is 0.863 bits per heavy atom. The first-order valence-corrected chi connectivity index (χ1v) is 40.4.